The van der Waals surface area contributed by atoms with E-state index in [0.29, 0.717) is 49.3 Å². The molecule has 1 fully saturated rings. The minimum absolute atomic E-state index is 0.00863. The van der Waals surface area contributed by atoms with Gasteiger partial charge in [-0.15, -0.1) is 0 Å². The highest BCUT2D eigenvalue weighted by atomic mass is 35.5. The molecule has 0 radical (unpaired) electrons. The minimum atomic E-state index is -0.00863. The highest BCUT2D eigenvalue weighted by Gasteiger charge is 2.22. The average molecular weight is 434 g/mol. The van der Waals surface area contributed by atoms with E-state index in [2.05, 4.69) is 20.4 Å². The molecule has 0 unspecified atom stereocenters. The largest absolute Gasteiger partial charge is 0.356 e. The Kier molecular flexibility index (Phi) is 8.21. The number of benzene rings is 1. The molecule has 1 aromatic carbocycles. The molecule has 1 aromatic heterocycles. The van der Waals surface area contributed by atoms with Crippen LogP contribution in [0.5, 0.6) is 0 Å². The number of amides is 2. The minimum Gasteiger partial charge on any atom is -0.356 e. The Morgan fingerprint density at radius 2 is 1.83 bits per heavy atom. The summed E-state index contributed by atoms with van der Waals surface area (Å²) in [6, 6.07) is 7.32. The highest BCUT2D eigenvalue weighted by Crippen LogP contribution is 2.19. The Balaban J connectivity index is 1.36. The number of hydrogen-bond acceptors (Lipinski definition) is 6. The molecule has 1 aliphatic heterocycles. The van der Waals surface area contributed by atoms with Gasteiger partial charge in [-0.2, -0.15) is 4.98 Å². The molecule has 2 heterocycles. The van der Waals surface area contributed by atoms with Gasteiger partial charge in [0.2, 0.25) is 23.5 Å². The fourth-order valence-electron chi connectivity index (χ4n) is 3.38. The van der Waals surface area contributed by atoms with Crippen molar-refractivity contribution in [2.45, 2.75) is 39.2 Å². The van der Waals surface area contributed by atoms with Crippen molar-refractivity contribution >= 4 is 23.4 Å². The van der Waals surface area contributed by atoms with Gasteiger partial charge < -0.3 is 14.7 Å². The van der Waals surface area contributed by atoms with E-state index in [0.717, 1.165) is 37.9 Å². The van der Waals surface area contributed by atoms with Crippen LogP contribution in [-0.2, 0) is 16.1 Å². The Morgan fingerprint density at radius 1 is 1.10 bits per heavy atom. The van der Waals surface area contributed by atoms with E-state index in [1.165, 1.54) is 6.92 Å². The fraction of sp³-hybridized carbons (Fsp3) is 0.524. The van der Waals surface area contributed by atoms with Gasteiger partial charge >= 0.3 is 0 Å². The van der Waals surface area contributed by atoms with Crippen LogP contribution in [0.25, 0.3) is 11.4 Å². The van der Waals surface area contributed by atoms with E-state index < -0.39 is 0 Å². The predicted octanol–water partition coefficient (Wildman–Crippen LogP) is 2.73. The molecule has 0 spiro atoms. The van der Waals surface area contributed by atoms with Crippen molar-refractivity contribution in [2.75, 3.05) is 32.7 Å². The van der Waals surface area contributed by atoms with E-state index in [1.54, 1.807) is 12.1 Å². The maximum atomic E-state index is 12.4. The van der Waals surface area contributed by atoms with Crippen molar-refractivity contribution in [3.05, 3.63) is 35.2 Å². The van der Waals surface area contributed by atoms with Gasteiger partial charge in [0.15, 0.2) is 0 Å². The average Bonchev–Trinajstić information content (AvgIpc) is 3.19. The summed E-state index contributed by atoms with van der Waals surface area (Å²) in [6.07, 6.45) is 3.27. The number of halogens is 1. The number of rotatable bonds is 9. The second-order valence-electron chi connectivity index (χ2n) is 7.47. The first-order chi connectivity index (χ1) is 14.5. The lowest BCUT2D eigenvalue weighted by Crippen LogP contribution is -2.48. The molecule has 2 amide bonds. The van der Waals surface area contributed by atoms with E-state index >= 15 is 0 Å². The van der Waals surface area contributed by atoms with Crippen molar-refractivity contribution < 1.29 is 14.1 Å². The van der Waals surface area contributed by atoms with Crippen LogP contribution in [0.3, 0.4) is 0 Å². The summed E-state index contributed by atoms with van der Waals surface area (Å²) in [5, 5.41) is 7.48. The number of nitrogens with one attached hydrogen (secondary N) is 1. The van der Waals surface area contributed by atoms with Crippen LogP contribution in [0, 0.1) is 0 Å². The van der Waals surface area contributed by atoms with E-state index in [1.807, 2.05) is 17.0 Å². The van der Waals surface area contributed by atoms with Crippen molar-refractivity contribution in [3.63, 3.8) is 0 Å². The van der Waals surface area contributed by atoms with E-state index in [4.69, 9.17) is 16.1 Å². The zero-order chi connectivity index (χ0) is 21.3. The summed E-state index contributed by atoms with van der Waals surface area (Å²) in [4.78, 5) is 31.8. The zero-order valence-corrected chi connectivity index (χ0v) is 18.0. The van der Waals surface area contributed by atoms with Crippen LogP contribution in [0.4, 0.5) is 0 Å². The van der Waals surface area contributed by atoms with Crippen LogP contribution in [0.15, 0.2) is 28.8 Å². The third-order valence-electron chi connectivity index (χ3n) is 5.10. The molecular weight excluding hydrogens is 406 g/mol. The van der Waals surface area contributed by atoms with Crippen molar-refractivity contribution in [1.29, 1.82) is 0 Å². The molecule has 3 rings (SSSR count). The molecule has 1 N–H and O–H groups in total. The summed E-state index contributed by atoms with van der Waals surface area (Å²) < 4.78 is 5.38. The van der Waals surface area contributed by atoms with Gasteiger partial charge in [-0.3, -0.25) is 14.5 Å². The standard InChI is InChI=1S/C21H28ClN5O3/c1-16(28)23-10-4-2-3-5-20(29)27-13-11-26(12-14-27)15-19-24-21(25-30-19)17-6-8-18(22)9-7-17/h6-9H,2-5,10-15H2,1H3,(H,23,28). The summed E-state index contributed by atoms with van der Waals surface area (Å²) in [6.45, 7) is 5.76. The Morgan fingerprint density at radius 3 is 2.53 bits per heavy atom. The predicted molar refractivity (Wildman–Crippen MR) is 114 cm³/mol. The zero-order valence-electron chi connectivity index (χ0n) is 17.3. The quantitative estimate of drug-likeness (QED) is 0.611. The molecule has 1 aliphatic rings. The van der Waals surface area contributed by atoms with Gasteiger partial charge in [0.05, 0.1) is 6.54 Å². The second kappa shape index (κ2) is 11.1. The molecule has 8 nitrogen and oxygen atoms in total. The Bertz CT molecular complexity index is 831. The lowest BCUT2D eigenvalue weighted by Gasteiger charge is -2.34. The Hall–Kier alpha value is -2.45. The van der Waals surface area contributed by atoms with Crippen LogP contribution < -0.4 is 5.32 Å². The molecular formula is C21H28ClN5O3. The number of piperazine rings is 1. The third-order valence-corrected chi connectivity index (χ3v) is 5.35. The molecule has 0 atom stereocenters. The molecule has 0 bridgehead atoms. The molecule has 30 heavy (non-hydrogen) atoms. The number of carbonyl (C=O) groups is 2. The van der Waals surface area contributed by atoms with Gasteiger partial charge in [0.1, 0.15) is 0 Å². The number of nitrogens with zero attached hydrogens (tertiary/aromatic N) is 4. The summed E-state index contributed by atoms with van der Waals surface area (Å²) in [7, 11) is 0. The summed E-state index contributed by atoms with van der Waals surface area (Å²) in [5.41, 5.74) is 0.863. The molecule has 162 valence electrons. The fourth-order valence-corrected chi connectivity index (χ4v) is 3.51. The first-order valence-corrected chi connectivity index (χ1v) is 10.7. The van der Waals surface area contributed by atoms with Crippen molar-refractivity contribution in [3.8, 4) is 11.4 Å². The molecule has 9 heteroatoms. The smallest absolute Gasteiger partial charge is 0.241 e. The van der Waals surface area contributed by atoms with Gasteiger partial charge in [0, 0.05) is 56.7 Å². The third kappa shape index (κ3) is 6.81. The summed E-state index contributed by atoms with van der Waals surface area (Å²) in [5.74, 6) is 1.32. The maximum Gasteiger partial charge on any atom is 0.241 e. The lowest BCUT2D eigenvalue weighted by molar-refractivity contribution is -0.133. The number of hydrogen-bond donors (Lipinski definition) is 1. The molecule has 0 saturated carbocycles. The van der Waals surface area contributed by atoms with Crippen LogP contribution in [0.2, 0.25) is 5.02 Å². The lowest BCUT2D eigenvalue weighted by atomic mass is 10.1. The maximum absolute atomic E-state index is 12.4. The Labute approximate surface area is 181 Å². The number of aromatic nitrogens is 2. The van der Waals surface area contributed by atoms with Crippen molar-refractivity contribution in [2.24, 2.45) is 0 Å². The van der Waals surface area contributed by atoms with Gasteiger partial charge in [0.25, 0.3) is 0 Å². The van der Waals surface area contributed by atoms with Gasteiger partial charge in [-0.1, -0.05) is 23.2 Å². The molecule has 0 aliphatic carbocycles. The monoisotopic (exact) mass is 433 g/mol. The highest BCUT2D eigenvalue weighted by molar-refractivity contribution is 6.30. The molecule has 1 saturated heterocycles. The first kappa shape index (κ1) is 22.2. The van der Waals surface area contributed by atoms with Gasteiger partial charge in [-0.25, -0.2) is 0 Å². The summed E-state index contributed by atoms with van der Waals surface area (Å²) >= 11 is 5.91. The number of unbranched alkanes of at least 4 members (excludes halogenated alkanes) is 2. The topological polar surface area (TPSA) is 91.6 Å². The van der Waals surface area contributed by atoms with Crippen LogP contribution in [-0.4, -0.2) is 64.5 Å². The SMILES string of the molecule is CC(=O)NCCCCCC(=O)N1CCN(Cc2nc(-c3ccc(Cl)cc3)no2)CC1. The van der Waals surface area contributed by atoms with Crippen LogP contribution >= 0.6 is 11.6 Å². The normalized spacial score (nSPS) is 14.7. The van der Waals surface area contributed by atoms with Gasteiger partial charge in [-0.05, 0) is 37.1 Å². The van der Waals surface area contributed by atoms with E-state index in [9.17, 15) is 9.59 Å². The van der Waals surface area contributed by atoms with Crippen LogP contribution in [0.1, 0.15) is 38.5 Å². The second-order valence-corrected chi connectivity index (χ2v) is 7.91. The number of carbonyl (C=O) groups excluding carboxylic acids is 2. The first-order valence-electron chi connectivity index (χ1n) is 10.3. The molecule has 2 aromatic rings. The van der Waals surface area contributed by atoms with E-state index in [-0.39, 0.29) is 11.8 Å². The van der Waals surface area contributed by atoms with Crippen molar-refractivity contribution in [1.82, 2.24) is 25.3 Å².